The van der Waals surface area contributed by atoms with E-state index in [1.165, 1.54) is 4.68 Å². The van der Waals surface area contributed by atoms with Crippen LogP contribution in [-0.4, -0.2) is 33.8 Å². The molecule has 0 saturated heterocycles. The van der Waals surface area contributed by atoms with E-state index in [2.05, 4.69) is 10.4 Å². The van der Waals surface area contributed by atoms with E-state index in [4.69, 9.17) is 9.15 Å². The average Bonchev–Trinajstić information content (AvgIpc) is 3.20. The third-order valence-electron chi connectivity index (χ3n) is 3.77. The number of aromatic nitrogens is 2. The minimum Gasteiger partial charge on any atom is -0.395 e. The number of halogens is 3. The van der Waals surface area contributed by atoms with E-state index in [9.17, 15) is 28.1 Å². The fourth-order valence-electron chi connectivity index (χ4n) is 2.63. The zero-order chi connectivity index (χ0) is 18.9. The third kappa shape index (κ3) is 3.54. The Morgan fingerprint density at radius 3 is 2.85 bits per heavy atom. The normalized spacial score (nSPS) is 14.1. The molecule has 0 spiro atoms. The predicted octanol–water partition coefficient (Wildman–Crippen LogP) is 1.91. The Morgan fingerprint density at radius 1 is 1.42 bits per heavy atom. The van der Waals surface area contributed by atoms with Crippen LogP contribution in [0.5, 0.6) is 0 Å². The van der Waals surface area contributed by atoms with Crippen molar-refractivity contribution in [1.29, 1.82) is 0 Å². The summed E-state index contributed by atoms with van der Waals surface area (Å²) in [5.74, 6) is -1.55. The first-order chi connectivity index (χ1) is 12.3. The summed E-state index contributed by atoms with van der Waals surface area (Å²) in [5, 5.41) is 16.6. The highest BCUT2D eigenvalue weighted by Crippen LogP contribution is 2.34. The number of hydrogen-bond acceptors (Lipinski definition) is 6. The molecular weight excluding hydrogens is 361 g/mol. The van der Waals surface area contributed by atoms with Gasteiger partial charge in [0.1, 0.15) is 4.92 Å². The van der Waals surface area contributed by atoms with Gasteiger partial charge in [-0.05, 0) is 6.07 Å². The van der Waals surface area contributed by atoms with Gasteiger partial charge in [-0.25, -0.2) is 0 Å². The molecule has 12 heteroatoms. The second-order valence-electron chi connectivity index (χ2n) is 5.45. The Kier molecular flexibility index (Phi) is 4.68. The summed E-state index contributed by atoms with van der Waals surface area (Å²) >= 11 is 0. The number of rotatable bonds is 5. The van der Waals surface area contributed by atoms with E-state index in [1.54, 1.807) is 0 Å². The molecule has 0 fully saturated rings. The van der Waals surface area contributed by atoms with Crippen molar-refractivity contribution in [2.24, 2.45) is 0 Å². The quantitative estimate of drug-likeness (QED) is 0.632. The SMILES string of the molecule is O=C(NCCn1nc(C(F)(F)F)c2c1CCOC2)c1ccc([N+](=O)[O-])o1. The van der Waals surface area contributed by atoms with Gasteiger partial charge in [0.05, 0.1) is 25.8 Å². The lowest BCUT2D eigenvalue weighted by molar-refractivity contribution is -0.402. The maximum Gasteiger partial charge on any atom is 0.435 e. The smallest absolute Gasteiger partial charge is 0.395 e. The first-order valence-electron chi connectivity index (χ1n) is 7.53. The topological polar surface area (TPSA) is 112 Å². The first kappa shape index (κ1) is 17.9. The lowest BCUT2D eigenvalue weighted by atomic mass is 10.1. The summed E-state index contributed by atoms with van der Waals surface area (Å²) < 4.78 is 50.2. The van der Waals surface area contributed by atoms with Crippen molar-refractivity contribution in [3.63, 3.8) is 0 Å². The second kappa shape index (κ2) is 6.78. The Morgan fingerprint density at radius 2 is 2.19 bits per heavy atom. The Bertz CT molecular complexity index is 842. The van der Waals surface area contributed by atoms with Gasteiger partial charge in [-0.2, -0.15) is 18.3 Å². The summed E-state index contributed by atoms with van der Waals surface area (Å²) in [6.07, 6.45) is -4.30. The number of nitro groups is 1. The molecule has 0 saturated carbocycles. The van der Waals surface area contributed by atoms with Gasteiger partial charge in [0.15, 0.2) is 11.5 Å². The largest absolute Gasteiger partial charge is 0.435 e. The monoisotopic (exact) mass is 374 g/mol. The molecule has 9 nitrogen and oxygen atoms in total. The highest BCUT2D eigenvalue weighted by molar-refractivity contribution is 5.91. The molecule has 1 amide bonds. The minimum absolute atomic E-state index is 0.00690. The van der Waals surface area contributed by atoms with Crippen LogP contribution in [0.1, 0.15) is 27.5 Å². The number of furan rings is 1. The number of carbonyl (C=O) groups is 1. The van der Waals surface area contributed by atoms with E-state index in [0.29, 0.717) is 12.3 Å². The highest BCUT2D eigenvalue weighted by atomic mass is 19.4. The predicted molar refractivity (Wildman–Crippen MR) is 78.3 cm³/mol. The molecule has 3 heterocycles. The molecule has 1 aliphatic heterocycles. The molecule has 140 valence electrons. The lowest BCUT2D eigenvalue weighted by Crippen LogP contribution is -2.28. The summed E-state index contributed by atoms with van der Waals surface area (Å²) in [6, 6.07) is 2.18. The molecule has 1 aliphatic rings. The summed E-state index contributed by atoms with van der Waals surface area (Å²) in [5.41, 5.74) is -0.552. The van der Waals surface area contributed by atoms with Crippen molar-refractivity contribution in [2.75, 3.05) is 13.2 Å². The Balaban J connectivity index is 1.67. The molecule has 2 aromatic rings. The van der Waals surface area contributed by atoms with Crippen LogP contribution < -0.4 is 5.32 Å². The van der Waals surface area contributed by atoms with Crippen molar-refractivity contribution >= 4 is 11.8 Å². The van der Waals surface area contributed by atoms with Gasteiger partial charge < -0.3 is 14.5 Å². The number of ether oxygens (including phenoxy) is 1. The Hall–Kier alpha value is -2.89. The van der Waals surface area contributed by atoms with Crippen LogP contribution in [0.4, 0.5) is 19.1 Å². The second-order valence-corrected chi connectivity index (χ2v) is 5.45. The fraction of sp³-hybridized carbons (Fsp3) is 0.429. The molecular formula is C14H13F3N4O5. The van der Waals surface area contributed by atoms with Crippen molar-refractivity contribution < 1.29 is 32.0 Å². The van der Waals surface area contributed by atoms with E-state index in [0.717, 1.165) is 12.1 Å². The lowest BCUT2D eigenvalue weighted by Gasteiger charge is -2.15. The minimum atomic E-state index is -4.59. The first-order valence-corrected chi connectivity index (χ1v) is 7.53. The average molecular weight is 374 g/mol. The van der Waals surface area contributed by atoms with Gasteiger partial charge in [0.2, 0.25) is 0 Å². The number of carbonyl (C=O) groups excluding carboxylic acids is 1. The van der Waals surface area contributed by atoms with Crippen LogP contribution in [-0.2, 0) is 30.5 Å². The van der Waals surface area contributed by atoms with Crippen LogP contribution in [0.2, 0.25) is 0 Å². The van der Waals surface area contributed by atoms with E-state index in [1.807, 2.05) is 0 Å². The molecule has 0 aliphatic carbocycles. The highest BCUT2D eigenvalue weighted by Gasteiger charge is 2.39. The van der Waals surface area contributed by atoms with Gasteiger partial charge in [-0.1, -0.05) is 0 Å². The number of nitrogens with zero attached hydrogens (tertiary/aromatic N) is 3. The van der Waals surface area contributed by atoms with E-state index < -0.39 is 28.6 Å². The number of hydrogen-bond donors (Lipinski definition) is 1. The van der Waals surface area contributed by atoms with Gasteiger partial charge in [-0.3, -0.25) is 19.6 Å². The maximum absolute atomic E-state index is 13.1. The Labute approximate surface area is 143 Å². The zero-order valence-corrected chi connectivity index (χ0v) is 13.2. The number of amides is 1. The standard InChI is InChI=1S/C14H13F3N4O5/c15-14(16,17)12-8-7-25-6-3-9(8)20(19-12)5-4-18-13(22)10-1-2-11(26-10)21(23)24/h1-2H,3-7H2,(H,18,22). The van der Waals surface area contributed by atoms with Gasteiger partial charge in [0.25, 0.3) is 5.91 Å². The van der Waals surface area contributed by atoms with Crippen LogP contribution in [0, 0.1) is 10.1 Å². The molecule has 0 aromatic carbocycles. The summed E-state index contributed by atoms with van der Waals surface area (Å²) in [4.78, 5) is 21.6. The summed E-state index contributed by atoms with van der Waals surface area (Å²) in [7, 11) is 0. The molecule has 0 bridgehead atoms. The van der Waals surface area contributed by atoms with Crippen LogP contribution in [0.15, 0.2) is 16.5 Å². The van der Waals surface area contributed by atoms with Gasteiger partial charge >= 0.3 is 12.1 Å². The third-order valence-corrected chi connectivity index (χ3v) is 3.77. The van der Waals surface area contributed by atoms with Gasteiger partial charge in [-0.15, -0.1) is 0 Å². The molecule has 3 rings (SSSR count). The molecule has 26 heavy (non-hydrogen) atoms. The van der Waals surface area contributed by atoms with E-state index in [-0.39, 0.29) is 37.4 Å². The van der Waals surface area contributed by atoms with Crippen molar-refractivity contribution in [1.82, 2.24) is 15.1 Å². The van der Waals surface area contributed by atoms with Crippen molar-refractivity contribution in [2.45, 2.75) is 25.7 Å². The summed E-state index contributed by atoms with van der Waals surface area (Å²) in [6.45, 7) is 0.109. The molecule has 2 aromatic heterocycles. The number of fused-ring (bicyclic) bond motifs is 1. The van der Waals surface area contributed by atoms with Gasteiger partial charge in [0, 0.05) is 24.2 Å². The van der Waals surface area contributed by atoms with Crippen molar-refractivity contribution in [3.8, 4) is 0 Å². The zero-order valence-electron chi connectivity index (χ0n) is 13.2. The van der Waals surface area contributed by atoms with Crippen molar-refractivity contribution in [3.05, 3.63) is 45.0 Å². The number of nitrogens with one attached hydrogen (secondary N) is 1. The van der Waals surface area contributed by atoms with Crippen LogP contribution in [0.25, 0.3) is 0 Å². The van der Waals surface area contributed by atoms with Crippen LogP contribution in [0.3, 0.4) is 0 Å². The molecule has 1 N–H and O–H groups in total. The fourth-order valence-corrected chi connectivity index (χ4v) is 2.63. The van der Waals surface area contributed by atoms with Crippen LogP contribution >= 0.6 is 0 Å². The number of alkyl halides is 3. The molecule has 0 radical (unpaired) electrons. The molecule has 0 atom stereocenters. The molecule has 0 unspecified atom stereocenters. The maximum atomic E-state index is 13.1. The van der Waals surface area contributed by atoms with E-state index >= 15 is 0 Å².